The lowest BCUT2D eigenvalue weighted by molar-refractivity contribution is -0.154. The van der Waals surface area contributed by atoms with Gasteiger partial charge in [0, 0.05) is 18.4 Å². The highest BCUT2D eigenvalue weighted by atomic mass is 32.2. The molecule has 0 aliphatic carbocycles. The summed E-state index contributed by atoms with van der Waals surface area (Å²) in [5.41, 5.74) is -0.582. The van der Waals surface area contributed by atoms with E-state index in [0.29, 0.717) is 5.69 Å². The SMILES string of the molecule is CC#CC1(C(=O)O)CS[C@@H]2C(N(C(C)=O)c3ccccc3)C(=O)N2C1. The molecular formula is C18H18N2O4S. The van der Waals surface area contributed by atoms with Crippen LogP contribution in [0.2, 0.25) is 0 Å². The van der Waals surface area contributed by atoms with Crippen LogP contribution in [0.1, 0.15) is 13.8 Å². The van der Waals surface area contributed by atoms with Gasteiger partial charge in [-0.05, 0) is 19.1 Å². The number of carboxylic acid groups (broad SMARTS) is 1. The Bertz CT molecular complexity index is 785. The largest absolute Gasteiger partial charge is 0.480 e. The Kier molecular flexibility index (Phi) is 4.48. The van der Waals surface area contributed by atoms with Crippen LogP contribution in [0, 0.1) is 17.3 Å². The Hall–Kier alpha value is -2.46. The van der Waals surface area contributed by atoms with Crippen molar-refractivity contribution < 1.29 is 19.5 Å². The molecule has 2 heterocycles. The Morgan fingerprint density at radius 1 is 1.36 bits per heavy atom. The summed E-state index contributed by atoms with van der Waals surface area (Å²) in [6.45, 7) is 3.08. The van der Waals surface area contributed by atoms with Gasteiger partial charge in [-0.2, -0.15) is 0 Å². The molecule has 2 saturated heterocycles. The molecule has 3 atom stereocenters. The van der Waals surface area contributed by atoms with Gasteiger partial charge in [0.2, 0.25) is 11.8 Å². The first-order chi connectivity index (χ1) is 11.9. The number of fused-ring (bicyclic) bond motifs is 1. The molecule has 0 aromatic heterocycles. The molecule has 6 nitrogen and oxygen atoms in total. The molecule has 7 heteroatoms. The van der Waals surface area contributed by atoms with Crippen LogP contribution in [0.3, 0.4) is 0 Å². The van der Waals surface area contributed by atoms with Crippen LogP contribution in [0.15, 0.2) is 30.3 Å². The number of β-lactam (4-membered cyclic amide) rings is 1. The highest BCUT2D eigenvalue weighted by Crippen LogP contribution is 2.44. The second kappa shape index (κ2) is 6.45. The van der Waals surface area contributed by atoms with Crippen molar-refractivity contribution in [3.05, 3.63) is 30.3 Å². The molecule has 0 bridgehead atoms. The van der Waals surface area contributed by atoms with Gasteiger partial charge in [-0.3, -0.25) is 19.3 Å². The molecule has 2 aliphatic rings. The zero-order valence-electron chi connectivity index (χ0n) is 13.9. The van der Waals surface area contributed by atoms with Gasteiger partial charge in [-0.15, -0.1) is 17.7 Å². The maximum Gasteiger partial charge on any atom is 0.324 e. The summed E-state index contributed by atoms with van der Waals surface area (Å²) >= 11 is 1.37. The van der Waals surface area contributed by atoms with Crippen LogP contribution in [0.5, 0.6) is 0 Å². The number of para-hydroxylation sites is 1. The zero-order chi connectivity index (χ0) is 18.2. The number of anilines is 1. The number of carbonyl (C=O) groups excluding carboxylic acids is 2. The maximum atomic E-state index is 12.7. The first kappa shape index (κ1) is 17.4. The highest BCUT2D eigenvalue weighted by molar-refractivity contribution is 8.00. The van der Waals surface area contributed by atoms with Gasteiger partial charge in [0.15, 0.2) is 5.41 Å². The second-order valence-corrected chi connectivity index (χ2v) is 7.20. The number of hydrogen-bond acceptors (Lipinski definition) is 4. The van der Waals surface area contributed by atoms with E-state index >= 15 is 0 Å². The third-order valence-corrected chi connectivity index (χ3v) is 5.99. The van der Waals surface area contributed by atoms with Crippen LogP contribution in [0.25, 0.3) is 0 Å². The van der Waals surface area contributed by atoms with Crippen molar-refractivity contribution in [2.75, 3.05) is 17.2 Å². The molecule has 1 aromatic rings. The van der Waals surface area contributed by atoms with Crippen LogP contribution in [0.4, 0.5) is 5.69 Å². The van der Waals surface area contributed by atoms with Crippen molar-refractivity contribution >= 4 is 35.2 Å². The van der Waals surface area contributed by atoms with E-state index in [-0.39, 0.29) is 29.5 Å². The van der Waals surface area contributed by atoms with Gasteiger partial charge in [0.25, 0.3) is 0 Å². The van der Waals surface area contributed by atoms with E-state index in [1.54, 1.807) is 19.1 Å². The minimum atomic E-state index is -1.25. The van der Waals surface area contributed by atoms with E-state index in [1.807, 2.05) is 18.2 Å². The fraction of sp³-hybridized carbons (Fsp3) is 0.389. The number of carbonyl (C=O) groups is 3. The lowest BCUT2D eigenvalue weighted by Crippen LogP contribution is -2.74. The third kappa shape index (κ3) is 2.76. The van der Waals surface area contributed by atoms with E-state index in [0.717, 1.165) is 0 Å². The maximum absolute atomic E-state index is 12.7. The molecule has 1 aromatic carbocycles. The van der Waals surface area contributed by atoms with Crippen molar-refractivity contribution in [2.45, 2.75) is 25.3 Å². The van der Waals surface area contributed by atoms with Crippen LogP contribution < -0.4 is 4.90 Å². The molecule has 130 valence electrons. The molecule has 2 fully saturated rings. The first-order valence-corrected chi connectivity index (χ1v) is 8.90. The summed E-state index contributed by atoms with van der Waals surface area (Å²) in [5, 5.41) is 9.31. The zero-order valence-corrected chi connectivity index (χ0v) is 14.7. The van der Waals surface area contributed by atoms with Crippen LogP contribution in [-0.4, -0.2) is 51.5 Å². The minimum Gasteiger partial charge on any atom is -0.480 e. The summed E-state index contributed by atoms with van der Waals surface area (Å²) in [6.07, 6.45) is 0. The van der Waals surface area contributed by atoms with Gasteiger partial charge >= 0.3 is 5.97 Å². The van der Waals surface area contributed by atoms with Crippen molar-refractivity contribution in [3.8, 4) is 11.8 Å². The molecule has 2 amide bonds. The molecule has 1 N–H and O–H groups in total. The molecule has 3 rings (SSSR count). The fourth-order valence-corrected chi connectivity index (χ4v) is 4.80. The number of nitrogens with zero attached hydrogens (tertiary/aromatic N) is 2. The smallest absolute Gasteiger partial charge is 0.324 e. The molecule has 0 spiro atoms. The van der Waals surface area contributed by atoms with Crippen molar-refractivity contribution in [3.63, 3.8) is 0 Å². The predicted molar refractivity (Wildman–Crippen MR) is 94.9 cm³/mol. The molecule has 0 saturated carbocycles. The summed E-state index contributed by atoms with van der Waals surface area (Å²) < 4.78 is 0. The fourth-order valence-electron chi connectivity index (χ4n) is 3.28. The van der Waals surface area contributed by atoms with E-state index in [1.165, 1.54) is 28.5 Å². The topological polar surface area (TPSA) is 77.9 Å². The van der Waals surface area contributed by atoms with Gasteiger partial charge in [-0.25, -0.2) is 0 Å². The summed E-state index contributed by atoms with van der Waals surface area (Å²) in [6, 6.07) is 8.44. The average molecular weight is 358 g/mol. The summed E-state index contributed by atoms with van der Waals surface area (Å²) in [5.74, 6) is 4.24. The second-order valence-electron chi connectivity index (χ2n) is 6.10. The molecule has 2 aliphatic heterocycles. The van der Waals surface area contributed by atoms with Crippen LogP contribution in [-0.2, 0) is 14.4 Å². The number of aliphatic carboxylic acids is 1. The van der Waals surface area contributed by atoms with Crippen LogP contribution >= 0.6 is 11.8 Å². The Labute approximate surface area is 150 Å². The summed E-state index contributed by atoms with van der Waals surface area (Å²) in [7, 11) is 0. The molecule has 25 heavy (non-hydrogen) atoms. The van der Waals surface area contributed by atoms with Gasteiger partial charge in [-0.1, -0.05) is 24.1 Å². The highest BCUT2D eigenvalue weighted by Gasteiger charge is 2.59. The van der Waals surface area contributed by atoms with Gasteiger partial charge in [0.05, 0.1) is 6.54 Å². The van der Waals surface area contributed by atoms with E-state index in [2.05, 4.69) is 11.8 Å². The first-order valence-electron chi connectivity index (χ1n) is 7.85. The minimum absolute atomic E-state index is 0.0523. The number of thioether (sulfide) groups is 1. The van der Waals surface area contributed by atoms with E-state index < -0.39 is 17.4 Å². The Balaban J connectivity index is 1.87. The van der Waals surface area contributed by atoms with Crippen molar-refractivity contribution in [2.24, 2.45) is 5.41 Å². The summed E-state index contributed by atoms with van der Waals surface area (Å²) in [4.78, 5) is 39.6. The number of hydrogen-bond donors (Lipinski definition) is 1. The number of carboxylic acids is 1. The Morgan fingerprint density at radius 3 is 2.60 bits per heavy atom. The molecular weight excluding hydrogens is 340 g/mol. The van der Waals surface area contributed by atoms with Gasteiger partial charge in [0.1, 0.15) is 11.4 Å². The molecule has 0 radical (unpaired) electrons. The number of benzene rings is 1. The van der Waals surface area contributed by atoms with E-state index in [9.17, 15) is 19.5 Å². The average Bonchev–Trinajstić information content (AvgIpc) is 2.60. The lowest BCUT2D eigenvalue weighted by atomic mass is 9.87. The lowest BCUT2D eigenvalue weighted by Gasteiger charge is -2.55. The predicted octanol–water partition coefficient (Wildman–Crippen LogP) is 1.42. The number of rotatable bonds is 3. The van der Waals surface area contributed by atoms with Crippen molar-refractivity contribution in [1.82, 2.24) is 4.90 Å². The third-order valence-electron chi connectivity index (χ3n) is 4.48. The normalized spacial score (nSPS) is 27.4. The quantitative estimate of drug-likeness (QED) is 0.653. The van der Waals surface area contributed by atoms with E-state index in [4.69, 9.17) is 0 Å². The molecule has 2 unspecified atom stereocenters. The Morgan fingerprint density at radius 2 is 2.04 bits per heavy atom. The van der Waals surface area contributed by atoms with Gasteiger partial charge < -0.3 is 10.0 Å². The number of amides is 2. The monoisotopic (exact) mass is 358 g/mol. The van der Waals surface area contributed by atoms with Crippen molar-refractivity contribution in [1.29, 1.82) is 0 Å². The standard InChI is InChI=1S/C18H18N2O4S/c1-3-9-18(17(23)24)10-19-15(22)14(16(19)25-11-18)20(12(2)21)13-7-5-4-6-8-13/h4-8,14,16H,10-11H2,1-2H3,(H,23,24)/t14?,16-,18?/m1/s1.